The monoisotopic (exact) mass is 227 g/mol. The van der Waals surface area contributed by atoms with Crippen molar-refractivity contribution in [2.45, 2.75) is 58.5 Å². The van der Waals surface area contributed by atoms with E-state index in [1.54, 1.807) is 0 Å². The topological polar surface area (TPSA) is 58.6 Å². The fourth-order valence-electron chi connectivity index (χ4n) is 1.98. The van der Waals surface area contributed by atoms with Gasteiger partial charge >= 0.3 is 0 Å². The lowest BCUT2D eigenvalue weighted by atomic mass is 9.90. The maximum atomic E-state index is 11.1. The van der Waals surface area contributed by atoms with E-state index in [0.29, 0.717) is 6.42 Å². The van der Waals surface area contributed by atoms with Crippen molar-refractivity contribution in [1.82, 2.24) is 5.32 Å². The van der Waals surface area contributed by atoms with Crippen molar-refractivity contribution in [3.8, 4) is 0 Å². The highest BCUT2D eigenvalue weighted by Crippen LogP contribution is 2.22. The third-order valence-electron chi connectivity index (χ3n) is 2.55. The summed E-state index contributed by atoms with van der Waals surface area (Å²) in [4.78, 5) is 11.1. The second kappa shape index (κ2) is 5.46. The van der Waals surface area contributed by atoms with Crippen LogP contribution in [0, 0.1) is 0 Å². The summed E-state index contributed by atoms with van der Waals surface area (Å²) in [7, 11) is 0. The molecule has 0 aliphatic heterocycles. The van der Waals surface area contributed by atoms with E-state index < -0.39 is 6.10 Å². The average Bonchev–Trinajstić information content (AvgIpc) is 2.09. The Morgan fingerprint density at radius 1 is 1.62 bits per heavy atom. The summed E-state index contributed by atoms with van der Waals surface area (Å²) in [5, 5.41) is 12.7. The number of nitrogens with one attached hydrogen (secondary N) is 1. The molecule has 16 heavy (non-hydrogen) atoms. The van der Waals surface area contributed by atoms with Gasteiger partial charge in [0.1, 0.15) is 0 Å². The first-order valence-corrected chi connectivity index (χ1v) is 5.68. The van der Waals surface area contributed by atoms with Gasteiger partial charge in [0, 0.05) is 6.92 Å². The standard InChI is InChI=1S/C12H21NO3/c1-7(2)16-11-6-8(3)5-10(15)12(11)13-9(4)14/h6-7,10-12,15H,5H2,1-4H3,(H,13,14)/t10-,11-,12-/m1/s1. The van der Waals surface area contributed by atoms with Crippen molar-refractivity contribution in [1.29, 1.82) is 0 Å². The first kappa shape index (κ1) is 13.2. The van der Waals surface area contributed by atoms with E-state index >= 15 is 0 Å². The molecular formula is C12H21NO3. The van der Waals surface area contributed by atoms with Gasteiger partial charge in [-0.05, 0) is 27.2 Å². The van der Waals surface area contributed by atoms with Gasteiger partial charge in [-0.1, -0.05) is 11.6 Å². The number of ether oxygens (including phenoxy) is 1. The van der Waals surface area contributed by atoms with Crippen LogP contribution in [0.3, 0.4) is 0 Å². The summed E-state index contributed by atoms with van der Waals surface area (Å²) in [6, 6.07) is -0.344. The van der Waals surface area contributed by atoms with Crippen molar-refractivity contribution in [3.63, 3.8) is 0 Å². The Kier molecular flexibility index (Phi) is 4.50. The Bertz CT molecular complexity index is 286. The van der Waals surface area contributed by atoms with Crippen molar-refractivity contribution >= 4 is 5.91 Å². The van der Waals surface area contributed by atoms with Crippen molar-refractivity contribution in [2.75, 3.05) is 0 Å². The predicted molar refractivity (Wildman–Crippen MR) is 62.0 cm³/mol. The van der Waals surface area contributed by atoms with Crippen molar-refractivity contribution < 1.29 is 14.6 Å². The number of carbonyl (C=O) groups is 1. The largest absolute Gasteiger partial charge is 0.391 e. The fourth-order valence-corrected chi connectivity index (χ4v) is 1.98. The molecule has 1 aliphatic carbocycles. The quantitative estimate of drug-likeness (QED) is 0.707. The van der Waals surface area contributed by atoms with E-state index in [1.165, 1.54) is 6.92 Å². The molecule has 0 heterocycles. The van der Waals surface area contributed by atoms with E-state index in [2.05, 4.69) is 5.32 Å². The zero-order chi connectivity index (χ0) is 12.3. The molecule has 0 aromatic carbocycles. The normalized spacial score (nSPS) is 30.1. The van der Waals surface area contributed by atoms with Crippen LogP contribution in [0.4, 0.5) is 0 Å². The Labute approximate surface area is 96.7 Å². The van der Waals surface area contributed by atoms with Gasteiger partial charge in [-0.15, -0.1) is 0 Å². The van der Waals surface area contributed by atoms with Crippen LogP contribution in [0.25, 0.3) is 0 Å². The van der Waals surface area contributed by atoms with Crippen LogP contribution in [-0.2, 0) is 9.53 Å². The van der Waals surface area contributed by atoms with Crippen molar-refractivity contribution in [3.05, 3.63) is 11.6 Å². The number of aliphatic hydroxyl groups excluding tert-OH is 1. The average molecular weight is 227 g/mol. The summed E-state index contributed by atoms with van der Waals surface area (Å²) in [5.41, 5.74) is 1.10. The molecule has 0 fully saturated rings. The molecule has 0 saturated heterocycles. The highest BCUT2D eigenvalue weighted by Gasteiger charge is 2.32. The molecule has 92 valence electrons. The second-order valence-corrected chi connectivity index (χ2v) is 4.66. The lowest BCUT2D eigenvalue weighted by Crippen LogP contribution is -2.53. The molecule has 0 radical (unpaired) electrons. The van der Waals surface area contributed by atoms with E-state index in [4.69, 9.17) is 4.74 Å². The number of rotatable bonds is 3. The number of aliphatic hydroxyl groups is 1. The molecule has 0 bridgehead atoms. The van der Waals surface area contributed by atoms with Crippen LogP contribution in [0.15, 0.2) is 11.6 Å². The van der Waals surface area contributed by atoms with Gasteiger partial charge in [-0.25, -0.2) is 0 Å². The highest BCUT2D eigenvalue weighted by atomic mass is 16.5. The molecule has 0 aromatic heterocycles. The molecule has 1 amide bonds. The third kappa shape index (κ3) is 3.61. The van der Waals surface area contributed by atoms with Gasteiger partial charge in [0.2, 0.25) is 5.91 Å². The molecule has 1 rings (SSSR count). The zero-order valence-corrected chi connectivity index (χ0v) is 10.4. The molecular weight excluding hydrogens is 206 g/mol. The summed E-state index contributed by atoms with van der Waals surface area (Å²) in [6.45, 7) is 7.29. The molecule has 3 atom stereocenters. The van der Waals surface area contributed by atoms with Gasteiger partial charge in [-0.2, -0.15) is 0 Å². The molecule has 1 aliphatic rings. The summed E-state index contributed by atoms with van der Waals surface area (Å²) < 4.78 is 5.69. The zero-order valence-electron chi connectivity index (χ0n) is 10.4. The first-order chi connectivity index (χ1) is 7.40. The third-order valence-corrected chi connectivity index (χ3v) is 2.55. The molecule has 4 heteroatoms. The van der Waals surface area contributed by atoms with E-state index in [-0.39, 0.29) is 24.2 Å². The fraction of sp³-hybridized carbons (Fsp3) is 0.750. The van der Waals surface area contributed by atoms with E-state index in [0.717, 1.165) is 5.57 Å². The number of hydrogen-bond donors (Lipinski definition) is 2. The molecule has 0 unspecified atom stereocenters. The number of hydrogen-bond acceptors (Lipinski definition) is 3. The SMILES string of the molecule is CC(=O)N[C@@H]1[C@H](O)CC(C)=C[C@H]1OC(C)C. The smallest absolute Gasteiger partial charge is 0.217 e. The Morgan fingerprint density at radius 3 is 2.75 bits per heavy atom. The first-order valence-electron chi connectivity index (χ1n) is 5.68. The maximum Gasteiger partial charge on any atom is 0.217 e. The molecule has 2 N–H and O–H groups in total. The van der Waals surface area contributed by atoms with Gasteiger partial charge in [0.15, 0.2) is 0 Å². The molecule has 0 spiro atoms. The number of amides is 1. The highest BCUT2D eigenvalue weighted by molar-refractivity contribution is 5.73. The molecule has 0 aromatic rings. The van der Waals surface area contributed by atoms with Gasteiger partial charge in [0.25, 0.3) is 0 Å². The van der Waals surface area contributed by atoms with E-state index in [1.807, 2.05) is 26.8 Å². The van der Waals surface area contributed by atoms with Gasteiger partial charge in [0.05, 0.1) is 24.4 Å². The lowest BCUT2D eigenvalue weighted by molar-refractivity contribution is -0.122. The molecule has 0 saturated carbocycles. The molecule has 4 nitrogen and oxygen atoms in total. The Morgan fingerprint density at radius 2 is 2.25 bits per heavy atom. The summed E-state index contributed by atoms with van der Waals surface area (Å²) >= 11 is 0. The van der Waals surface area contributed by atoms with Crippen LogP contribution in [-0.4, -0.2) is 35.4 Å². The Balaban J connectivity index is 2.78. The van der Waals surface area contributed by atoms with Crippen LogP contribution < -0.4 is 5.32 Å². The minimum atomic E-state index is -0.572. The van der Waals surface area contributed by atoms with Crippen LogP contribution in [0.5, 0.6) is 0 Å². The van der Waals surface area contributed by atoms with Crippen LogP contribution in [0.2, 0.25) is 0 Å². The van der Waals surface area contributed by atoms with Crippen LogP contribution >= 0.6 is 0 Å². The predicted octanol–water partition coefficient (Wildman–Crippen LogP) is 0.996. The minimum Gasteiger partial charge on any atom is -0.391 e. The summed E-state index contributed by atoms with van der Waals surface area (Å²) in [5.74, 6) is -0.144. The van der Waals surface area contributed by atoms with Crippen LogP contribution in [0.1, 0.15) is 34.1 Å². The minimum absolute atomic E-state index is 0.0654. The maximum absolute atomic E-state index is 11.1. The van der Waals surface area contributed by atoms with Gasteiger partial charge in [-0.3, -0.25) is 4.79 Å². The Hall–Kier alpha value is -0.870. The van der Waals surface area contributed by atoms with Gasteiger partial charge < -0.3 is 15.2 Å². The number of carbonyl (C=O) groups excluding carboxylic acids is 1. The summed E-state index contributed by atoms with van der Waals surface area (Å²) in [6.07, 6.45) is 1.82. The van der Waals surface area contributed by atoms with Crippen molar-refractivity contribution in [2.24, 2.45) is 0 Å². The lowest BCUT2D eigenvalue weighted by Gasteiger charge is -2.35. The van der Waals surface area contributed by atoms with E-state index in [9.17, 15) is 9.90 Å². The second-order valence-electron chi connectivity index (χ2n) is 4.66.